The number of aromatic nitrogens is 1. The van der Waals surface area contributed by atoms with Gasteiger partial charge in [-0.25, -0.2) is 4.98 Å². The standard InChI is InChI=1S/C10H10BrN/c11-10-6-2-5-9(12-10)7-8-3-1-4-8/h2,5-7H,1,3-4H2. The molecule has 1 fully saturated rings. The first-order chi connectivity index (χ1) is 5.84. The van der Waals surface area contributed by atoms with Gasteiger partial charge in [0.2, 0.25) is 0 Å². The predicted octanol–water partition coefficient (Wildman–Crippen LogP) is 3.41. The third-order valence-corrected chi connectivity index (χ3v) is 2.53. The summed E-state index contributed by atoms with van der Waals surface area (Å²) >= 11 is 3.35. The van der Waals surface area contributed by atoms with Gasteiger partial charge in [-0.2, -0.15) is 0 Å². The fourth-order valence-electron chi connectivity index (χ4n) is 1.24. The van der Waals surface area contributed by atoms with Gasteiger partial charge < -0.3 is 0 Å². The van der Waals surface area contributed by atoms with Gasteiger partial charge in [0.05, 0.1) is 5.69 Å². The van der Waals surface area contributed by atoms with Crippen molar-refractivity contribution in [3.05, 3.63) is 34.1 Å². The van der Waals surface area contributed by atoms with Crippen LogP contribution in [0.1, 0.15) is 25.0 Å². The van der Waals surface area contributed by atoms with Crippen molar-refractivity contribution in [2.24, 2.45) is 0 Å². The Morgan fingerprint density at radius 1 is 1.33 bits per heavy atom. The van der Waals surface area contributed by atoms with Crippen LogP contribution in [0.5, 0.6) is 0 Å². The summed E-state index contributed by atoms with van der Waals surface area (Å²) in [6.45, 7) is 0. The summed E-state index contributed by atoms with van der Waals surface area (Å²) in [5.41, 5.74) is 2.60. The van der Waals surface area contributed by atoms with Crippen LogP contribution in [0.4, 0.5) is 0 Å². The Labute approximate surface area is 80.6 Å². The van der Waals surface area contributed by atoms with E-state index in [1.54, 1.807) is 0 Å². The van der Waals surface area contributed by atoms with E-state index >= 15 is 0 Å². The van der Waals surface area contributed by atoms with Gasteiger partial charge in [0.15, 0.2) is 0 Å². The molecule has 0 radical (unpaired) electrons. The third-order valence-electron chi connectivity index (χ3n) is 2.08. The van der Waals surface area contributed by atoms with Gasteiger partial charge in [-0.3, -0.25) is 0 Å². The lowest BCUT2D eigenvalue weighted by molar-refractivity contribution is 0.669. The molecular weight excluding hydrogens is 214 g/mol. The summed E-state index contributed by atoms with van der Waals surface area (Å²) in [6.07, 6.45) is 6.05. The van der Waals surface area contributed by atoms with Crippen molar-refractivity contribution in [2.45, 2.75) is 19.3 Å². The molecular formula is C10H10BrN. The molecule has 0 aromatic carbocycles. The van der Waals surface area contributed by atoms with Crippen LogP contribution in [0.15, 0.2) is 28.4 Å². The highest BCUT2D eigenvalue weighted by atomic mass is 79.9. The highest BCUT2D eigenvalue weighted by molar-refractivity contribution is 9.10. The van der Waals surface area contributed by atoms with Gasteiger partial charge in [0.1, 0.15) is 4.60 Å². The Balaban J connectivity index is 2.22. The van der Waals surface area contributed by atoms with Crippen molar-refractivity contribution in [2.75, 3.05) is 0 Å². The van der Waals surface area contributed by atoms with E-state index in [0.717, 1.165) is 10.3 Å². The van der Waals surface area contributed by atoms with Crippen LogP contribution in [0, 0.1) is 0 Å². The molecule has 1 aliphatic rings. The van der Waals surface area contributed by atoms with Gasteiger partial charge in [-0.15, -0.1) is 0 Å². The predicted molar refractivity (Wildman–Crippen MR) is 53.8 cm³/mol. The van der Waals surface area contributed by atoms with Crippen LogP contribution in [0.2, 0.25) is 0 Å². The average molecular weight is 224 g/mol. The molecule has 0 N–H and O–H groups in total. The maximum Gasteiger partial charge on any atom is 0.106 e. The average Bonchev–Trinajstić information content (AvgIpc) is 1.97. The zero-order chi connectivity index (χ0) is 8.39. The van der Waals surface area contributed by atoms with E-state index in [4.69, 9.17) is 0 Å². The van der Waals surface area contributed by atoms with E-state index in [0.29, 0.717) is 0 Å². The highest BCUT2D eigenvalue weighted by Gasteiger charge is 2.07. The fraction of sp³-hybridized carbons (Fsp3) is 0.300. The first-order valence-corrected chi connectivity index (χ1v) is 4.96. The lowest BCUT2D eigenvalue weighted by atomic mass is 9.92. The largest absolute Gasteiger partial charge is 0.242 e. The number of allylic oxidation sites excluding steroid dienone is 1. The molecule has 0 aliphatic heterocycles. The second-order valence-corrected chi connectivity index (χ2v) is 3.85. The molecule has 0 saturated heterocycles. The Hall–Kier alpha value is -0.630. The third kappa shape index (κ3) is 1.75. The number of pyridine rings is 1. The molecule has 0 amide bonds. The van der Waals surface area contributed by atoms with Crippen LogP contribution in [-0.4, -0.2) is 4.98 Å². The van der Waals surface area contributed by atoms with E-state index in [2.05, 4.69) is 27.0 Å². The molecule has 1 aromatic rings. The molecule has 1 aromatic heterocycles. The minimum absolute atomic E-state index is 0.913. The van der Waals surface area contributed by atoms with Crippen LogP contribution in [0.25, 0.3) is 6.08 Å². The van der Waals surface area contributed by atoms with E-state index in [9.17, 15) is 0 Å². The molecule has 0 unspecified atom stereocenters. The van der Waals surface area contributed by atoms with Crippen molar-refractivity contribution >= 4 is 22.0 Å². The van der Waals surface area contributed by atoms with Crippen molar-refractivity contribution in [1.82, 2.24) is 4.98 Å². The molecule has 2 rings (SSSR count). The van der Waals surface area contributed by atoms with E-state index < -0.39 is 0 Å². The molecule has 0 atom stereocenters. The maximum atomic E-state index is 4.34. The van der Waals surface area contributed by atoms with Crippen molar-refractivity contribution < 1.29 is 0 Å². The Morgan fingerprint density at radius 3 is 2.75 bits per heavy atom. The summed E-state index contributed by atoms with van der Waals surface area (Å²) in [7, 11) is 0. The van der Waals surface area contributed by atoms with Gasteiger partial charge in [-0.1, -0.05) is 11.6 Å². The fourth-order valence-corrected chi connectivity index (χ4v) is 1.60. The smallest absolute Gasteiger partial charge is 0.106 e. The maximum absolute atomic E-state index is 4.34. The molecule has 1 nitrogen and oxygen atoms in total. The topological polar surface area (TPSA) is 12.9 Å². The molecule has 0 bridgehead atoms. The normalized spacial score (nSPS) is 15.6. The van der Waals surface area contributed by atoms with E-state index in [1.165, 1.54) is 24.8 Å². The molecule has 1 aliphatic carbocycles. The number of hydrogen-bond donors (Lipinski definition) is 0. The SMILES string of the molecule is Brc1cccc(C=C2CCC2)n1. The van der Waals surface area contributed by atoms with Crippen molar-refractivity contribution in [3.63, 3.8) is 0 Å². The second kappa shape index (κ2) is 3.40. The zero-order valence-electron chi connectivity index (χ0n) is 6.76. The summed E-state index contributed by atoms with van der Waals surface area (Å²) < 4.78 is 0.913. The Morgan fingerprint density at radius 2 is 2.17 bits per heavy atom. The van der Waals surface area contributed by atoms with Gasteiger partial charge >= 0.3 is 0 Å². The summed E-state index contributed by atoms with van der Waals surface area (Å²) in [6, 6.07) is 6.00. The minimum Gasteiger partial charge on any atom is -0.242 e. The molecule has 1 heterocycles. The first kappa shape index (κ1) is 7.99. The molecule has 12 heavy (non-hydrogen) atoms. The first-order valence-electron chi connectivity index (χ1n) is 4.16. The monoisotopic (exact) mass is 223 g/mol. The number of rotatable bonds is 1. The van der Waals surface area contributed by atoms with Gasteiger partial charge in [-0.05, 0) is 53.4 Å². The van der Waals surface area contributed by atoms with Crippen molar-refractivity contribution in [3.8, 4) is 0 Å². The number of nitrogens with zero attached hydrogens (tertiary/aromatic N) is 1. The second-order valence-electron chi connectivity index (χ2n) is 3.04. The summed E-state index contributed by atoms with van der Waals surface area (Å²) in [4.78, 5) is 4.34. The zero-order valence-corrected chi connectivity index (χ0v) is 8.34. The van der Waals surface area contributed by atoms with E-state index in [1.807, 2.05) is 18.2 Å². The van der Waals surface area contributed by atoms with Crippen LogP contribution in [0.3, 0.4) is 0 Å². The highest BCUT2D eigenvalue weighted by Crippen LogP contribution is 2.27. The number of halogens is 1. The summed E-state index contributed by atoms with van der Waals surface area (Å²) in [5, 5.41) is 0. The van der Waals surface area contributed by atoms with Crippen LogP contribution in [-0.2, 0) is 0 Å². The molecule has 0 spiro atoms. The van der Waals surface area contributed by atoms with Gasteiger partial charge in [0, 0.05) is 0 Å². The molecule has 1 saturated carbocycles. The van der Waals surface area contributed by atoms with Gasteiger partial charge in [0.25, 0.3) is 0 Å². The Bertz CT molecular complexity index is 311. The Kier molecular flexibility index (Phi) is 2.26. The lowest BCUT2D eigenvalue weighted by Crippen LogP contribution is -1.96. The molecule has 62 valence electrons. The quantitative estimate of drug-likeness (QED) is 0.666. The van der Waals surface area contributed by atoms with Crippen LogP contribution < -0.4 is 0 Å². The minimum atomic E-state index is 0.913. The van der Waals surface area contributed by atoms with Crippen molar-refractivity contribution in [1.29, 1.82) is 0 Å². The number of hydrogen-bond acceptors (Lipinski definition) is 1. The lowest BCUT2D eigenvalue weighted by Gasteiger charge is -2.15. The van der Waals surface area contributed by atoms with E-state index in [-0.39, 0.29) is 0 Å². The van der Waals surface area contributed by atoms with Crippen LogP contribution >= 0.6 is 15.9 Å². The summed E-state index contributed by atoms with van der Waals surface area (Å²) in [5.74, 6) is 0. The molecule has 2 heteroatoms.